The van der Waals surface area contributed by atoms with Gasteiger partial charge in [-0.15, -0.1) is 0 Å². The zero-order valence-electron chi connectivity index (χ0n) is 29.8. The molecule has 1 aromatic heterocycles. The van der Waals surface area contributed by atoms with Gasteiger partial charge in [-0.05, 0) is 68.0 Å². The molecule has 0 radical (unpaired) electrons. The van der Waals surface area contributed by atoms with Crippen molar-refractivity contribution in [3.05, 3.63) is 196 Å². The van der Waals surface area contributed by atoms with Crippen LogP contribution >= 0.6 is 0 Å². The third kappa shape index (κ3) is 5.25. The van der Waals surface area contributed by atoms with Crippen molar-refractivity contribution in [2.45, 2.75) is 34.6 Å². The average molecular weight is 637 g/mol. The minimum absolute atomic E-state index is 1.23. The van der Waals surface area contributed by atoms with Gasteiger partial charge in [0.15, 0.2) is 0 Å². The Bertz CT molecular complexity index is 2100. The van der Waals surface area contributed by atoms with Gasteiger partial charge in [0, 0.05) is 0 Å². The highest BCUT2D eigenvalue weighted by Crippen LogP contribution is 2.51. The first kappa shape index (κ1) is 32.2. The van der Waals surface area contributed by atoms with Crippen LogP contribution in [0.25, 0.3) is 22.1 Å². The lowest BCUT2D eigenvalue weighted by Crippen LogP contribution is -2.72. The Morgan fingerprint density at radius 1 is 0.510 bits per heavy atom. The molecule has 0 unspecified atom stereocenters. The molecular weight excluding hydrogens is 591 g/mol. The Morgan fingerprint density at radius 2 is 0.878 bits per heavy atom. The van der Waals surface area contributed by atoms with E-state index in [1.54, 1.807) is 0 Å². The van der Waals surface area contributed by atoms with Crippen molar-refractivity contribution in [2.24, 2.45) is 14.1 Å². The maximum absolute atomic E-state index is 2.39. The van der Waals surface area contributed by atoms with Crippen LogP contribution in [0, 0.1) is 20.8 Å². The minimum atomic E-state index is -1.91. The predicted molar refractivity (Wildman–Crippen MR) is 210 cm³/mol. The topological polar surface area (TPSA) is 8.81 Å². The first-order valence-corrected chi connectivity index (χ1v) is 17.4. The molecule has 49 heavy (non-hydrogen) atoms. The summed E-state index contributed by atoms with van der Waals surface area (Å²) in [4.78, 5) is 0. The summed E-state index contributed by atoms with van der Waals surface area (Å²) in [6.07, 6.45) is 2.54. The number of hydrogen-bond donors (Lipinski definition) is 0. The van der Waals surface area contributed by atoms with E-state index in [0.717, 1.165) is 0 Å². The number of allylic oxidation sites excluding steroid dienone is 4. The molecule has 0 N–H and O–H groups in total. The lowest BCUT2D eigenvalue weighted by molar-refractivity contribution is -0.653. The Morgan fingerprint density at radius 3 is 1.22 bits per heavy atom. The Kier molecular flexibility index (Phi) is 8.46. The number of aromatic nitrogens is 2. The number of rotatable bonds is 6. The zero-order chi connectivity index (χ0) is 34.3. The summed E-state index contributed by atoms with van der Waals surface area (Å²) in [7, 11) is 4.46. The fourth-order valence-electron chi connectivity index (χ4n) is 9.10. The summed E-state index contributed by atoms with van der Waals surface area (Å²) in [6.45, 7) is 11.6. The minimum Gasteiger partial charge on any atom is -0.272 e. The second kappa shape index (κ2) is 12.9. The molecule has 0 fully saturated rings. The number of aryl methyl sites for hydroxylation is 5. The Labute approximate surface area is 292 Å². The van der Waals surface area contributed by atoms with Crippen LogP contribution in [0.3, 0.4) is 0 Å². The van der Waals surface area contributed by atoms with Crippen LogP contribution in [0.1, 0.15) is 52.8 Å². The molecule has 1 aliphatic rings. The lowest BCUT2D eigenvalue weighted by Gasteiger charge is -2.47. The summed E-state index contributed by atoms with van der Waals surface area (Å²) in [5.74, 6) is 0. The van der Waals surface area contributed by atoms with Gasteiger partial charge in [-0.2, -0.15) is 16.4 Å². The van der Waals surface area contributed by atoms with Crippen LogP contribution in [-0.2, 0) is 14.1 Å². The fourth-order valence-corrected chi connectivity index (χ4v) is 9.10. The highest BCUT2D eigenvalue weighted by atomic mass is 15.1. The van der Waals surface area contributed by atoms with E-state index in [4.69, 9.17) is 0 Å². The van der Waals surface area contributed by atoms with Crippen molar-refractivity contribution >= 4 is 39.4 Å². The van der Waals surface area contributed by atoms with Crippen LogP contribution in [0.15, 0.2) is 157 Å². The SMILES string of the molecule is CC1=C(C)C(c2ccccc2)=C(c2ccccc2)[B-](c2c(C)cc(C)cc2C)(c2n(C)cc[n+]2C)C(c2ccccc2)=C1c1ccccc1. The normalized spacial score (nSPS) is 14.8. The van der Waals surface area contributed by atoms with Crippen molar-refractivity contribution in [3.63, 3.8) is 0 Å². The molecule has 1 aliphatic heterocycles. The summed E-state index contributed by atoms with van der Waals surface area (Å²) in [5.41, 5.74) is 19.3. The van der Waals surface area contributed by atoms with E-state index in [1.165, 1.54) is 83.4 Å². The second-order valence-corrected chi connectivity index (χ2v) is 13.8. The molecule has 6 aromatic rings. The lowest BCUT2D eigenvalue weighted by atomic mass is 9.11. The first-order chi connectivity index (χ1) is 23.7. The zero-order valence-corrected chi connectivity index (χ0v) is 29.8. The molecule has 0 amide bonds. The smallest absolute Gasteiger partial charge is 0.204 e. The highest BCUT2D eigenvalue weighted by molar-refractivity contribution is 7.27. The monoisotopic (exact) mass is 636 g/mol. The molecule has 0 saturated carbocycles. The molecule has 7 rings (SSSR count). The number of benzene rings is 5. The molecule has 2 nitrogen and oxygen atoms in total. The molecule has 3 heteroatoms. The van der Waals surface area contributed by atoms with Gasteiger partial charge in [-0.1, -0.05) is 161 Å². The van der Waals surface area contributed by atoms with Crippen molar-refractivity contribution < 1.29 is 4.57 Å². The molecular formula is C46H45BN2. The van der Waals surface area contributed by atoms with Crippen molar-refractivity contribution in [2.75, 3.05) is 0 Å². The van der Waals surface area contributed by atoms with E-state index in [2.05, 4.69) is 204 Å². The van der Waals surface area contributed by atoms with Crippen molar-refractivity contribution in [1.82, 2.24) is 4.57 Å². The number of imidazole rings is 1. The Hall–Kier alpha value is -5.41. The third-order valence-corrected chi connectivity index (χ3v) is 10.8. The summed E-state index contributed by atoms with van der Waals surface area (Å²) in [5, 5.41) is 0. The first-order valence-electron chi connectivity index (χ1n) is 17.4. The molecule has 0 spiro atoms. The molecule has 5 aromatic carbocycles. The van der Waals surface area contributed by atoms with Gasteiger partial charge in [0.25, 0.3) is 0 Å². The van der Waals surface area contributed by atoms with E-state index in [9.17, 15) is 0 Å². The summed E-state index contributed by atoms with van der Waals surface area (Å²) in [6, 6.07) is 49.3. The number of nitrogens with zero attached hydrogens (tertiary/aromatic N) is 2. The quantitative estimate of drug-likeness (QED) is 0.128. The van der Waals surface area contributed by atoms with Gasteiger partial charge < -0.3 is 0 Å². The van der Waals surface area contributed by atoms with Crippen molar-refractivity contribution in [3.8, 4) is 0 Å². The van der Waals surface area contributed by atoms with Crippen LogP contribution in [0.4, 0.5) is 0 Å². The fraction of sp³-hybridized carbons (Fsp3) is 0.152. The molecule has 0 atom stereocenters. The molecule has 0 saturated heterocycles. The van der Waals surface area contributed by atoms with Gasteiger partial charge in [0.05, 0.1) is 19.8 Å². The predicted octanol–water partition coefficient (Wildman–Crippen LogP) is 8.99. The van der Waals surface area contributed by atoms with E-state index in [1.807, 2.05) is 0 Å². The third-order valence-electron chi connectivity index (χ3n) is 10.8. The van der Waals surface area contributed by atoms with Gasteiger partial charge in [-0.25, -0.2) is 0 Å². The van der Waals surface area contributed by atoms with Crippen molar-refractivity contribution in [1.29, 1.82) is 0 Å². The van der Waals surface area contributed by atoms with E-state index < -0.39 is 6.15 Å². The van der Waals surface area contributed by atoms with E-state index in [0.29, 0.717) is 0 Å². The molecule has 0 aliphatic carbocycles. The van der Waals surface area contributed by atoms with E-state index >= 15 is 0 Å². The summed E-state index contributed by atoms with van der Waals surface area (Å²) >= 11 is 0. The van der Waals surface area contributed by atoms with Gasteiger partial charge in [0.1, 0.15) is 12.4 Å². The molecule has 242 valence electrons. The maximum Gasteiger partial charge on any atom is 0.204 e. The van der Waals surface area contributed by atoms with Crippen LogP contribution in [-0.4, -0.2) is 10.7 Å². The Balaban J connectivity index is 1.91. The molecule has 2 heterocycles. The van der Waals surface area contributed by atoms with Gasteiger partial charge in [0.2, 0.25) is 6.15 Å². The van der Waals surface area contributed by atoms with Gasteiger partial charge in [-0.3, -0.25) is 9.13 Å². The number of hydrogen-bond acceptors (Lipinski definition) is 0. The molecule has 0 bridgehead atoms. The van der Waals surface area contributed by atoms with Crippen LogP contribution < -0.4 is 15.8 Å². The van der Waals surface area contributed by atoms with Gasteiger partial charge >= 0.3 is 0 Å². The van der Waals surface area contributed by atoms with Crippen LogP contribution in [0.2, 0.25) is 0 Å². The standard InChI is InChI=1S/C46H45BN2/c1-32-30-33(2)43(34(3)31-32)47(46-48(6)28-29-49(46)7)44(39-24-16-10-17-25-39)41(37-20-12-8-13-21-37)35(4)36(5)42(38-22-14-9-15-23-38)45(47)40-26-18-11-19-27-40/h8-31H,1-7H3. The largest absolute Gasteiger partial charge is 0.272 e. The van der Waals surface area contributed by atoms with E-state index in [-0.39, 0.29) is 0 Å². The summed E-state index contributed by atoms with van der Waals surface area (Å²) < 4.78 is 4.76. The van der Waals surface area contributed by atoms with Crippen LogP contribution in [0.5, 0.6) is 0 Å². The second-order valence-electron chi connectivity index (χ2n) is 13.8. The average Bonchev–Trinajstić information content (AvgIpc) is 3.42. The maximum atomic E-state index is 2.39. The highest BCUT2D eigenvalue weighted by Gasteiger charge is 2.49.